The highest BCUT2D eigenvalue weighted by Gasteiger charge is 2.29. The molecule has 1 aromatic carbocycles. The van der Waals surface area contributed by atoms with Gasteiger partial charge in [0, 0.05) is 26.2 Å². The standard InChI is InChI=1S/C13H20N2O5S2/c1-20-12-4-6-13(7-5-12)22(18,19)15-9-3-8-14(10-11-15)21(2,16)17/h4-7H,3,8-11H2,1-2H3. The lowest BCUT2D eigenvalue weighted by Gasteiger charge is -2.20. The Morgan fingerprint density at radius 3 is 2.00 bits per heavy atom. The van der Waals surface area contributed by atoms with Gasteiger partial charge in [-0.15, -0.1) is 0 Å². The first kappa shape index (κ1) is 17.2. The molecule has 124 valence electrons. The molecule has 0 radical (unpaired) electrons. The van der Waals surface area contributed by atoms with Crippen LogP contribution in [0.25, 0.3) is 0 Å². The molecule has 0 N–H and O–H groups in total. The van der Waals surface area contributed by atoms with E-state index in [1.165, 1.54) is 27.9 Å². The van der Waals surface area contributed by atoms with Crippen molar-refractivity contribution in [3.63, 3.8) is 0 Å². The largest absolute Gasteiger partial charge is 0.497 e. The lowest BCUT2D eigenvalue weighted by Crippen LogP contribution is -2.36. The first-order valence-electron chi connectivity index (χ1n) is 6.84. The smallest absolute Gasteiger partial charge is 0.243 e. The molecule has 7 nitrogen and oxygen atoms in total. The van der Waals surface area contributed by atoms with Crippen LogP contribution in [0.15, 0.2) is 29.2 Å². The number of sulfonamides is 2. The van der Waals surface area contributed by atoms with E-state index in [2.05, 4.69) is 0 Å². The number of methoxy groups -OCH3 is 1. The third-order valence-electron chi connectivity index (χ3n) is 3.58. The minimum absolute atomic E-state index is 0.154. The Morgan fingerprint density at radius 1 is 0.909 bits per heavy atom. The summed E-state index contributed by atoms with van der Waals surface area (Å²) >= 11 is 0. The quantitative estimate of drug-likeness (QED) is 0.784. The van der Waals surface area contributed by atoms with Gasteiger partial charge in [-0.05, 0) is 30.7 Å². The molecule has 22 heavy (non-hydrogen) atoms. The fraction of sp³-hybridized carbons (Fsp3) is 0.538. The van der Waals surface area contributed by atoms with Crippen LogP contribution < -0.4 is 4.74 Å². The van der Waals surface area contributed by atoms with Gasteiger partial charge in [0.05, 0.1) is 18.3 Å². The predicted molar refractivity (Wildman–Crippen MR) is 82.8 cm³/mol. The molecule has 2 rings (SSSR count). The number of rotatable bonds is 4. The van der Waals surface area contributed by atoms with Gasteiger partial charge in [-0.2, -0.15) is 4.31 Å². The molecular weight excluding hydrogens is 328 g/mol. The summed E-state index contributed by atoms with van der Waals surface area (Å²) in [6.45, 7) is 0.976. The normalized spacial score (nSPS) is 18.8. The third-order valence-corrected chi connectivity index (χ3v) is 6.80. The zero-order valence-electron chi connectivity index (χ0n) is 12.6. The van der Waals surface area contributed by atoms with E-state index in [-0.39, 0.29) is 18.0 Å². The van der Waals surface area contributed by atoms with E-state index in [0.717, 1.165) is 6.26 Å². The second-order valence-electron chi connectivity index (χ2n) is 5.10. The fourth-order valence-electron chi connectivity index (χ4n) is 2.34. The van der Waals surface area contributed by atoms with Crippen LogP contribution in [0.5, 0.6) is 5.75 Å². The maximum Gasteiger partial charge on any atom is 0.243 e. The monoisotopic (exact) mass is 348 g/mol. The SMILES string of the molecule is COc1ccc(S(=O)(=O)N2CCCN(S(C)(=O)=O)CC2)cc1. The van der Waals surface area contributed by atoms with Crippen molar-refractivity contribution in [2.75, 3.05) is 39.5 Å². The van der Waals surface area contributed by atoms with Crippen LogP contribution in [0, 0.1) is 0 Å². The molecule has 0 spiro atoms. The summed E-state index contributed by atoms with van der Waals surface area (Å²) in [7, 11) is -5.41. The van der Waals surface area contributed by atoms with Crippen LogP contribution in [-0.4, -0.2) is 65.0 Å². The van der Waals surface area contributed by atoms with E-state index in [1.54, 1.807) is 12.1 Å². The molecule has 0 unspecified atom stereocenters. The van der Waals surface area contributed by atoms with Gasteiger partial charge in [0.2, 0.25) is 20.0 Å². The molecule has 1 saturated heterocycles. The molecule has 1 fully saturated rings. The van der Waals surface area contributed by atoms with Crippen molar-refractivity contribution < 1.29 is 21.6 Å². The average molecular weight is 348 g/mol. The van der Waals surface area contributed by atoms with Crippen LogP contribution in [0.3, 0.4) is 0 Å². The summed E-state index contributed by atoms with van der Waals surface area (Å²) in [5.74, 6) is 0.582. The number of nitrogens with zero attached hydrogens (tertiary/aromatic N) is 2. The highest BCUT2D eigenvalue weighted by Crippen LogP contribution is 2.21. The molecule has 0 saturated carbocycles. The van der Waals surface area contributed by atoms with Crippen molar-refractivity contribution in [2.24, 2.45) is 0 Å². The third kappa shape index (κ3) is 3.78. The van der Waals surface area contributed by atoms with E-state index < -0.39 is 20.0 Å². The van der Waals surface area contributed by atoms with Gasteiger partial charge in [-0.1, -0.05) is 0 Å². The topological polar surface area (TPSA) is 84.0 Å². The Labute approximate surface area is 131 Å². The molecule has 9 heteroatoms. The first-order chi connectivity index (χ1) is 10.2. The van der Waals surface area contributed by atoms with Crippen molar-refractivity contribution >= 4 is 20.0 Å². The Morgan fingerprint density at radius 2 is 1.45 bits per heavy atom. The highest BCUT2D eigenvalue weighted by molar-refractivity contribution is 7.89. The van der Waals surface area contributed by atoms with Crippen molar-refractivity contribution in [3.8, 4) is 5.75 Å². The number of benzene rings is 1. The van der Waals surface area contributed by atoms with Gasteiger partial charge in [0.25, 0.3) is 0 Å². The molecule has 1 aromatic rings. The molecule has 0 aromatic heterocycles. The van der Waals surface area contributed by atoms with Crippen LogP contribution in [-0.2, 0) is 20.0 Å². The lowest BCUT2D eigenvalue weighted by atomic mass is 10.3. The van der Waals surface area contributed by atoms with Gasteiger partial charge in [-0.3, -0.25) is 0 Å². The predicted octanol–water partition coefficient (Wildman–Crippen LogP) is 0.351. The van der Waals surface area contributed by atoms with Gasteiger partial charge in [0.15, 0.2) is 0 Å². The summed E-state index contributed by atoms with van der Waals surface area (Å²) in [6.07, 6.45) is 1.61. The van der Waals surface area contributed by atoms with Gasteiger partial charge in [-0.25, -0.2) is 21.1 Å². The average Bonchev–Trinajstić information content (AvgIpc) is 2.73. The summed E-state index contributed by atoms with van der Waals surface area (Å²) in [5, 5.41) is 0. The second kappa shape index (κ2) is 6.53. The maximum absolute atomic E-state index is 12.6. The summed E-state index contributed by atoms with van der Waals surface area (Å²) in [5.41, 5.74) is 0. The number of hydrogen-bond acceptors (Lipinski definition) is 5. The summed E-state index contributed by atoms with van der Waals surface area (Å²) in [4.78, 5) is 0.182. The fourth-order valence-corrected chi connectivity index (χ4v) is 4.68. The van der Waals surface area contributed by atoms with E-state index in [1.807, 2.05) is 0 Å². The van der Waals surface area contributed by atoms with Crippen LogP contribution in [0.1, 0.15) is 6.42 Å². The summed E-state index contributed by atoms with van der Waals surface area (Å²) < 4.78 is 56.1. The molecule has 1 heterocycles. The molecule has 0 amide bonds. The second-order valence-corrected chi connectivity index (χ2v) is 9.02. The van der Waals surface area contributed by atoms with Crippen molar-refractivity contribution in [3.05, 3.63) is 24.3 Å². The van der Waals surface area contributed by atoms with Gasteiger partial charge in [0.1, 0.15) is 5.75 Å². The Hall–Kier alpha value is -1.16. The zero-order valence-corrected chi connectivity index (χ0v) is 14.2. The summed E-state index contributed by atoms with van der Waals surface area (Å²) in [6, 6.07) is 6.17. The van der Waals surface area contributed by atoms with Crippen LogP contribution >= 0.6 is 0 Å². The van der Waals surface area contributed by atoms with Crippen molar-refractivity contribution in [1.29, 1.82) is 0 Å². The molecular formula is C13H20N2O5S2. The van der Waals surface area contributed by atoms with E-state index in [4.69, 9.17) is 4.74 Å². The van der Waals surface area contributed by atoms with Crippen molar-refractivity contribution in [2.45, 2.75) is 11.3 Å². The van der Waals surface area contributed by atoms with Crippen LogP contribution in [0.2, 0.25) is 0 Å². The van der Waals surface area contributed by atoms with Gasteiger partial charge >= 0.3 is 0 Å². The zero-order chi connectivity index (χ0) is 16.4. The maximum atomic E-state index is 12.6. The number of ether oxygens (including phenoxy) is 1. The van der Waals surface area contributed by atoms with Crippen LogP contribution in [0.4, 0.5) is 0 Å². The molecule has 0 aliphatic carbocycles. The van der Waals surface area contributed by atoms with E-state index in [9.17, 15) is 16.8 Å². The molecule has 1 aliphatic heterocycles. The van der Waals surface area contributed by atoms with Gasteiger partial charge < -0.3 is 4.74 Å². The lowest BCUT2D eigenvalue weighted by molar-refractivity contribution is 0.405. The molecule has 0 bridgehead atoms. The highest BCUT2D eigenvalue weighted by atomic mass is 32.2. The number of hydrogen-bond donors (Lipinski definition) is 0. The molecule has 1 aliphatic rings. The van der Waals surface area contributed by atoms with E-state index >= 15 is 0 Å². The first-order valence-corrected chi connectivity index (χ1v) is 10.1. The Bertz CT molecular complexity index is 713. The van der Waals surface area contributed by atoms with Crippen molar-refractivity contribution in [1.82, 2.24) is 8.61 Å². The minimum Gasteiger partial charge on any atom is -0.497 e. The Kier molecular flexibility index (Phi) is 5.10. The molecule has 0 atom stereocenters. The van der Waals surface area contributed by atoms with E-state index in [0.29, 0.717) is 25.3 Å². The minimum atomic E-state index is -3.62. The Balaban J connectivity index is 2.19.